The lowest BCUT2D eigenvalue weighted by Crippen LogP contribution is -2.34. The normalized spacial score (nSPS) is 11.3. The average molecular weight is 360 g/mol. The highest BCUT2D eigenvalue weighted by atomic mass is 32.2. The monoisotopic (exact) mass is 360 g/mol. The molecule has 0 fully saturated rings. The Morgan fingerprint density at radius 3 is 2.42 bits per heavy atom. The molecule has 0 radical (unpaired) electrons. The van der Waals surface area contributed by atoms with E-state index >= 15 is 0 Å². The summed E-state index contributed by atoms with van der Waals surface area (Å²) in [6.45, 7) is 3.40. The number of hydrogen-bond acceptors (Lipinski definition) is 5. The summed E-state index contributed by atoms with van der Waals surface area (Å²) in [5, 5.41) is 2.58. The molecule has 1 rings (SSSR count). The number of hydrogen-bond donors (Lipinski definition) is 2. The van der Waals surface area contributed by atoms with Crippen molar-refractivity contribution in [3.8, 4) is 0 Å². The topological polar surface area (TPSA) is 102 Å². The SMILES string of the molecule is CC(C)CCNC(=O)COC(=O)CNS(=O)(=O)c1ccc(F)cc1. The number of rotatable bonds is 9. The Balaban J connectivity index is 2.35. The molecule has 0 unspecified atom stereocenters. The Hall–Kier alpha value is -2.00. The van der Waals surface area contributed by atoms with Crippen molar-refractivity contribution in [3.63, 3.8) is 0 Å². The lowest BCUT2D eigenvalue weighted by Gasteiger charge is -2.09. The van der Waals surface area contributed by atoms with E-state index in [1.165, 1.54) is 0 Å². The first-order valence-electron chi connectivity index (χ1n) is 7.38. The summed E-state index contributed by atoms with van der Waals surface area (Å²) >= 11 is 0. The van der Waals surface area contributed by atoms with Gasteiger partial charge in [-0.05, 0) is 36.6 Å². The number of halogens is 1. The quantitative estimate of drug-likeness (QED) is 0.635. The summed E-state index contributed by atoms with van der Waals surface area (Å²) in [6.07, 6.45) is 0.803. The first kappa shape index (κ1) is 20.0. The van der Waals surface area contributed by atoms with Gasteiger partial charge in [-0.25, -0.2) is 12.8 Å². The maximum Gasteiger partial charge on any atom is 0.321 e. The van der Waals surface area contributed by atoms with Gasteiger partial charge in [0.15, 0.2) is 6.61 Å². The fourth-order valence-corrected chi connectivity index (χ4v) is 2.57. The third-order valence-corrected chi connectivity index (χ3v) is 4.36. The first-order chi connectivity index (χ1) is 11.2. The number of nitrogens with one attached hydrogen (secondary N) is 2. The van der Waals surface area contributed by atoms with Gasteiger partial charge in [0, 0.05) is 6.54 Å². The molecule has 0 spiro atoms. The molecule has 7 nitrogen and oxygen atoms in total. The molecule has 0 bridgehead atoms. The summed E-state index contributed by atoms with van der Waals surface area (Å²) in [5.74, 6) is -1.48. The number of amides is 1. The van der Waals surface area contributed by atoms with Gasteiger partial charge in [0.05, 0.1) is 4.90 Å². The standard InChI is InChI=1S/C15H21FN2O5S/c1-11(2)7-8-17-14(19)10-23-15(20)9-18-24(21,22)13-5-3-12(16)4-6-13/h3-6,11,18H,7-10H2,1-2H3,(H,17,19). The molecule has 1 aromatic rings. The van der Waals surface area contributed by atoms with Gasteiger partial charge in [-0.15, -0.1) is 0 Å². The molecule has 2 N–H and O–H groups in total. The van der Waals surface area contributed by atoms with Gasteiger partial charge in [-0.2, -0.15) is 4.72 Å². The summed E-state index contributed by atoms with van der Waals surface area (Å²) in [6, 6.07) is 4.14. The summed E-state index contributed by atoms with van der Waals surface area (Å²) in [5.41, 5.74) is 0. The molecule has 0 saturated carbocycles. The van der Waals surface area contributed by atoms with Crippen LogP contribution in [0.3, 0.4) is 0 Å². The average Bonchev–Trinajstić information content (AvgIpc) is 2.51. The van der Waals surface area contributed by atoms with Gasteiger partial charge < -0.3 is 10.1 Å². The van der Waals surface area contributed by atoms with Crippen molar-refractivity contribution in [3.05, 3.63) is 30.1 Å². The molecule has 24 heavy (non-hydrogen) atoms. The second-order valence-electron chi connectivity index (χ2n) is 5.47. The molecule has 0 aliphatic heterocycles. The third-order valence-electron chi connectivity index (χ3n) is 2.94. The zero-order valence-corrected chi connectivity index (χ0v) is 14.4. The van der Waals surface area contributed by atoms with Crippen molar-refractivity contribution in [1.82, 2.24) is 10.0 Å². The first-order valence-corrected chi connectivity index (χ1v) is 8.86. The van der Waals surface area contributed by atoms with Crippen LogP contribution in [-0.4, -0.2) is 40.0 Å². The lowest BCUT2D eigenvalue weighted by atomic mass is 10.1. The highest BCUT2D eigenvalue weighted by molar-refractivity contribution is 7.89. The Labute approximate surface area is 140 Å². The number of esters is 1. The Bertz CT molecular complexity index is 659. The minimum absolute atomic E-state index is 0.178. The van der Waals surface area contributed by atoms with E-state index in [0.717, 1.165) is 30.7 Å². The van der Waals surface area contributed by atoms with Crippen LogP contribution >= 0.6 is 0 Å². The largest absolute Gasteiger partial charge is 0.455 e. The van der Waals surface area contributed by atoms with Gasteiger partial charge >= 0.3 is 5.97 Å². The van der Waals surface area contributed by atoms with Crippen LogP contribution in [-0.2, 0) is 24.3 Å². The van der Waals surface area contributed by atoms with Crippen LogP contribution in [0.5, 0.6) is 0 Å². The van der Waals surface area contributed by atoms with Crippen LogP contribution in [0.25, 0.3) is 0 Å². The zero-order chi connectivity index (χ0) is 18.2. The van der Waals surface area contributed by atoms with E-state index in [9.17, 15) is 22.4 Å². The predicted octanol–water partition coefficient (Wildman–Crippen LogP) is 0.809. The van der Waals surface area contributed by atoms with Crippen LogP contribution in [0.15, 0.2) is 29.2 Å². The summed E-state index contributed by atoms with van der Waals surface area (Å²) < 4.78 is 43.2. The van der Waals surface area contributed by atoms with Crippen LogP contribution in [0.4, 0.5) is 4.39 Å². The van der Waals surface area contributed by atoms with Crippen molar-refractivity contribution < 1.29 is 27.1 Å². The molecule has 0 aromatic heterocycles. The molecule has 0 heterocycles. The van der Waals surface area contributed by atoms with E-state index in [-0.39, 0.29) is 4.90 Å². The Morgan fingerprint density at radius 1 is 1.21 bits per heavy atom. The molecule has 1 aromatic carbocycles. The van der Waals surface area contributed by atoms with Crippen molar-refractivity contribution >= 4 is 21.9 Å². The second-order valence-corrected chi connectivity index (χ2v) is 7.24. The van der Waals surface area contributed by atoms with E-state index in [2.05, 4.69) is 10.1 Å². The molecule has 9 heteroatoms. The van der Waals surface area contributed by atoms with Crippen molar-refractivity contribution in [1.29, 1.82) is 0 Å². The predicted molar refractivity (Wildman–Crippen MR) is 85.0 cm³/mol. The van der Waals surface area contributed by atoms with E-state index in [0.29, 0.717) is 12.5 Å². The van der Waals surface area contributed by atoms with Gasteiger partial charge in [-0.1, -0.05) is 13.8 Å². The maximum atomic E-state index is 12.8. The Kier molecular flexibility index (Phi) is 7.80. The number of sulfonamides is 1. The van der Waals surface area contributed by atoms with Crippen LogP contribution < -0.4 is 10.0 Å². The van der Waals surface area contributed by atoms with Crippen LogP contribution in [0.1, 0.15) is 20.3 Å². The molecular formula is C15H21FN2O5S. The third kappa shape index (κ3) is 7.51. The highest BCUT2D eigenvalue weighted by Crippen LogP contribution is 2.09. The fraction of sp³-hybridized carbons (Fsp3) is 0.467. The van der Waals surface area contributed by atoms with E-state index in [1.807, 2.05) is 18.6 Å². The zero-order valence-electron chi connectivity index (χ0n) is 13.5. The minimum atomic E-state index is -3.95. The number of ether oxygens (including phenoxy) is 1. The van der Waals surface area contributed by atoms with Gasteiger partial charge in [-0.3, -0.25) is 9.59 Å². The summed E-state index contributed by atoms with van der Waals surface area (Å²) in [7, 11) is -3.95. The Morgan fingerprint density at radius 2 is 1.83 bits per heavy atom. The smallest absolute Gasteiger partial charge is 0.321 e. The maximum absolute atomic E-state index is 12.8. The highest BCUT2D eigenvalue weighted by Gasteiger charge is 2.16. The second kappa shape index (κ2) is 9.33. The summed E-state index contributed by atoms with van der Waals surface area (Å²) in [4.78, 5) is 22.7. The molecule has 1 amide bonds. The van der Waals surface area contributed by atoms with Gasteiger partial charge in [0.1, 0.15) is 12.4 Å². The molecule has 0 saturated heterocycles. The van der Waals surface area contributed by atoms with Crippen molar-refractivity contribution in [2.24, 2.45) is 5.92 Å². The van der Waals surface area contributed by atoms with E-state index in [1.54, 1.807) is 0 Å². The minimum Gasteiger partial charge on any atom is -0.455 e. The van der Waals surface area contributed by atoms with Gasteiger partial charge in [0.2, 0.25) is 10.0 Å². The molecule has 0 aliphatic carbocycles. The van der Waals surface area contributed by atoms with Gasteiger partial charge in [0.25, 0.3) is 5.91 Å². The molecule has 0 aliphatic rings. The fourth-order valence-electron chi connectivity index (χ4n) is 1.60. The molecule has 134 valence electrons. The molecule has 0 atom stereocenters. The number of carbonyl (C=O) groups excluding carboxylic acids is 2. The van der Waals surface area contributed by atoms with Crippen molar-refractivity contribution in [2.45, 2.75) is 25.2 Å². The number of benzene rings is 1. The van der Waals surface area contributed by atoms with E-state index in [4.69, 9.17) is 0 Å². The molecular weight excluding hydrogens is 339 g/mol. The van der Waals surface area contributed by atoms with Crippen LogP contribution in [0, 0.1) is 11.7 Å². The lowest BCUT2D eigenvalue weighted by molar-refractivity contribution is -0.147. The number of carbonyl (C=O) groups is 2. The van der Waals surface area contributed by atoms with E-state index < -0.39 is 40.9 Å². The van der Waals surface area contributed by atoms with Crippen molar-refractivity contribution in [2.75, 3.05) is 19.7 Å². The van der Waals surface area contributed by atoms with Crippen LogP contribution in [0.2, 0.25) is 0 Å².